The van der Waals surface area contributed by atoms with Crippen LogP contribution in [0.15, 0.2) is 0 Å². The minimum absolute atomic E-state index is 0.110. The third kappa shape index (κ3) is 3.78. The number of carbonyl (C=O) groups excluding carboxylic acids is 1. The van der Waals surface area contributed by atoms with E-state index in [-0.39, 0.29) is 5.92 Å². The van der Waals surface area contributed by atoms with Crippen LogP contribution >= 0.6 is 0 Å². The Kier molecular flexibility index (Phi) is 5.26. The van der Waals surface area contributed by atoms with E-state index in [1.807, 2.05) is 18.7 Å². The highest BCUT2D eigenvalue weighted by molar-refractivity contribution is 5.78. The Balaban J connectivity index is 2.53. The van der Waals surface area contributed by atoms with Crippen LogP contribution in [0.2, 0.25) is 0 Å². The van der Waals surface area contributed by atoms with Gasteiger partial charge in [-0.3, -0.25) is 4.79 Å². The minimum Gasteiger partial charge on any atom is -0.340 e. The standard InChI is InChI=1S/C13H26N2O/c1-10(2)13(16)15(11(3)4)9-12-6-5-7-14-8-12/h10-12,14H,5-9H2,1-4H3. The average Bonchev–Trinajstić information content (AvgIpc) is 2.26. The molecule has 3 nitrogen and oxygen atoms in total. The number of piperidine rings is 1. The lowest BCUT2D eigenvalue weighted by Crippen LogP contribution is -2.45. The topological polar surface area (TPSA) is 32.3 Å². The lowest BCUT2D eigenvalue weighted by molar-refractivity contribution is -0.137. The first kappa shape index (κ1) is 13.5. The normalized spacial score (nSPS) is 21.5. The molecular weight excluding hydrogens is 200 g/mol. The molecule has 3 heteroatoms. The van der Waals surface area contributed by atoms with Gasteiger partial charge in [0.25, 0.3) is 0 Å². The van der Waals surface area contributed by atoms with Crippen molar-refractivity contribution in [3.8, 4) is 0 Å². The van der Waals surface area contributed by atoms with Crippen molar-refractivity contribution in [1.29, 1.82) is 0 Å². The van der Waals surface area contributed by atoms with E-state index in [0.717, 1.165) is 19.6 Å². The van der Waals surface area contributed by atoms with E-state index in [9.17, 15) is 4.79 Å². The van der Waals surface area contributed by atoms with Crippen molar-refractivity contribution < 1.29 is 4.79 Å². The highest BCUT2D eigenvalue weighted by atomic mass is 16.2. The van der Waals surface area contributed by atoms with E-state index in [1.165, 1.54) is 12.8 Å². The molecular formula is C13H26N2O. The molecule has 1 aliphatic rings. The summed E-state index contributed by atoms with van der Waals surface area (Å²) in [5, 5.41) is 3.41. The molecule has 0 bridgehead atoms. The van der Waals surface area contributed by atoms with Gasteiger partial charge in [0.2, 0.25) is 5.91 Å². The molecule has 0 saturated carbocycles. The first-order valence-corrected chi connectivity index (χ1v) is 6.53. The van der Waals surface area contributed by atoms with Crippen molar-refractivity contribution in [1.82, 2.24) is 10.2 Å². The van der Waals surface area contributed by atoms with Crippen molar-refractivity contribution in [3.63, 3.8) is 0 Å². The van der Waals surface area contributed by atoms with Gasteiger partial charge in [-0.1, -0.05) is 13.8 Å². The molecule has 1 atom stereocenters. The van der Waals surface area contributed by atoms with Crippen molar-refractivity contribution in [2.24, 2.45) is 11.8 Å². The Morgan fingerprint density at radius 3 is 2.50 bits per heavy atom. The van der Waals surface area contributed by atoms with Gasteiger partial charge in [-0.15, -0.1) is 0 Å². The summed E-state index contributed by atoms with van der Waals surface area (Å²) in [5.74, 6) is 1.04. The lowest BCUT2D eigenvalue weighted by atomic mass is 9.98. The molecule has 1 unspecified atom stereocenters. The van der Waals surface area contributed by atoms with E-state index in [2.05, 4.69) is 19.2 Å². The fourth-order valence-electron chi connectivity index (χ4n) is 2.24. The number of hydrogen-bond donors (Lipinski definition) is 1. The van der Waals surface area contributed by atoms with Crippen LogP contribution < -0.4 is 5.32 Å². The van der Waals surface area contributed by atoms with Crippen LogP contribution in [0.4, 0.5) is 0 Å². The quantitative estimate of drug-likeness (QED) is 0.794. The molecule has 1 fully saturated rings. The number of nitrogens with one attached hydrogen (secondary N) is 1. The summed E-state index contributed by atoms with van der Waals surface area (Å²) in [6.45, 7) is 11.3. The number of hydrogen-bond acceptors (Lipinski definition) is 2. The molecule has 0 aromatic heterocycles. The Labute approximate surface area is 99.6 Å². The summed E-state index contributed by atoms with van der Waals surface area (Å²) in [4.78, 5) is 14.1. The largest absolute Gasteiger partial charge is 0.340 e. The SMILES string of the molecule is CC(C)C(=O)N(CC1CCCNC1)C(C)C. The van der Waals surface area contributed by atoms with Gasteiger partial charge >= 0.3 is 0 Å². The number of carbonyl (C=O) groups is 1. The highest BCUT2D eigenvalue weighted by Gasteiger charge is 2.24. The summed E-state index contributed by atoms with van der Waals surface area (Å²) in [7, 11) is 0. The summed E-state index contributed by atoms with van der Waals surface area (Å²) in [6, 6.07) is 0.317. The maximum Gasteiger partial charge on any atom is 0.225 e. The molecule has 0 aromatic carbocycles. The monoisotopic (exact) mass is 226 g/mol. The second-order valence-corrected chi connectivity index (χ2v) is 5.45. The Hall–Kier alpha value is -0.570. The van der Waals surface area contributed by atoms with Gasteiger partial charge < -0.3 is 10.2 Å². The predicted molar refractivity (Wildman–Crippen MR) is 67.3 cm³/mol. The van der Waals surface area contributed by atoms with Crippen LogP contribution in [-0.2, 0) is 4.79 Å². The number of amides is 1. The maximum absolute atomic E-state index is 12.1. The zero-order chi connectivity index (χ0) is 12.1. The summed E-state index contributed by atoms with van der Waals surface area (Å²) < 4.78 is 0. The fraction of sp³-hybridized carbons (Fsp3) is 0.923. The van der Waals surface area contributed by atoms with Gasteiger partial charge in [-0.25, -0.2) is 0 Å². The summed E-state index contributed by atoms with van der Waals surface area (Å²) in [6.07, 6.45) is 2.49. The zero-order valence-electron chi connectivity index (χ0n) is 11.1. The van der Waals surface area contributed by atoms with Crippen LogP contribution in [0.5, 0.6) is 0 Å². The van der Waals surface area contributed by atoms with E-state index in [4.69, 9.17) is 0 Å². The van der Waals surface area contributed by atoms with Crippen LogP contribution in [0.25, 0.3) is 0 Å². The molecule has 1 rings (SSSR count). The molecule has 0 spiro atoms. The van der Waals surface area contributed by atoms with Gasteiger partial charge in [0.15, 0.2) is 0 Å². The Bertz CT molecular complexity index is 220. The van der Waals surface area contributed by atoms with Crippen molar-refractivity contribution in [3.05, 3.63) is 0 Å². The third-order valence-corrected chi connectivity index (χ3v) is 3.25. The highest BCUT2D eigenvalue weighted by Crippen LogP contribution is 2.15. The lowest BCUT2D eigenvalue weighted by Gasteiger charge is -2.34. The molecule has 0 aliphatic carbocycles. The van der Waals surface area contributed by atoms with Gasteiger partial charge in [-0.2, -0.15) is 0 Å². The van der Waals surface area contributed by atoms with Crippen molar-refractivity contribution in [2.75, 3.05) is 19.6 Å². The first-order valence-electron chi connectivity index (χ1n) is 6.53. The van der Waals surface area contributed by atoms with Crippen LogP contribution in [-0.4, -0.2) is 36.5 Å². The molecule has 1 N–H and O–H groups in total. The fourth-order valence-corrected chi connectivity index (χ4v) is 2.24. The molecule has 1 saturated heterocycles. The summed E-state index contributed by atoms with van der Waals surface area (Å²) in [5.41, 5.74) is 0. The van der Waals surface area contributed by atoms with Crippen LogP contribution in [0.1, 0.15) is 40.5 Å². The Morgan fingerprint density at radius 1 is 1.38 bits per heavy atom. The smallest absolute Gasteiger partial charge is 0.225 e. The molecule has 16 heavy (non-hydrogen) atoms. The van der Waals surface area contributed by atoms with E-state index < -0.39 is 0 Å². The molecule has 0 aromatic rings. The van der Waals surface area contributed by atoms with E-state index in [0.29, 0.717) is 17.9 Å². The number of rotatable bonds is 4. The first-order chi connectivity index (χ1) is 7.52. The van der Waals surface area contributed by atoms with E-state index in [1.54, 1.807) is 0 Å². The predicted octanol–water partition coefficient (Wildman–Crippen LogP) is 1.88. The molecule has 1 amide bonds. The Morgan fingerprint density at radius 2 is 2.06 bits per heavy atom. The average molecular weight is 226 g/mol. The van der Waals surface area contributed by atoms with Gasteiger partial charge in [0.05, 0.1) is 0 Å². The van der Waals surface area contributed by atoms with Crippen molar-refractivity contribution in [2.45, 2.75) is 46.6 Å². The van der Waals surface area contributed by atoms with Gasteiger partial charge in [0.1, 0.15) is 0 Å². The van der Waals surface area contributed by atoms with Crippen LogP contribution in [0, 0.1) is 11.8 Å². The second kappa shape index (κ2) is 6.24. The number of nitrogens with zero attached hydrogens (tertiary/aromatic N) is 1. The summed E-state index contributed by atoms with van der Waals surface area (Å²) >= 11 is 0. The molecule has 0 radical (unpaired) electrons. The van der Waals surface area contributed by atoms with Gasteiger partial charge in [-0.05, 0) is 45.7 Å². The molecule has 1 aliphatic heterocycles. The zero-order valence-corrected chi connectivity index (χ0v) is 11.1. The maximum atomic E-state index is 12.1. The van der Waals surface area contributed by atoms with Gasteiger partial charge in [0, 0.05) is 18.5 Å². The minimum atomic E-state index is 0.110. The second-order valence-electron chi connectivity index (χ2n) is 5.45. The van der Waals surface area contributed by atoms with Crippen LogP contribution in [0.3, 0.4) is 0 Å². The van der Waals surface area contributed by atoms with Crippen molar-refractivity contribution >= 4 is 5.91 Å². The molecule has 94 valence electrons. The third-order valence-electron chi connectivity index (χ3n) is 3.25. The van der Waals surface area contributed by atoms with E-state index >= 15 is 0 Å². The molecule has 1 heterocycles.